The maximum absolute atomic E-state index is 5.85. The molecule has 0 saturated heterocycles. The zero-order valence-corrected chi connectivity index (χ0v) is 34.4. The molecule has 7 atom stereocenters. The van der Waals surface area contributed by atoms with Gasteiger partial charge in [-0.25, -0.2) is 0 Å². The summed E-state index contributed by atoms with van der Waals surface area (Å²) < 4.78 is 0. The molecule has 0 heterocycles. The maximum atomic E-state index is 5.85. The summed E-state index contributed by atoms with van der Waals surface area (Å²) in [4.78, 5) is 0. The van der Waals surface area contributed by atoms with Gasteiger partial charge in [-0.05, 0) is 104 Å². The number of nitrogens with two attached hydrogens (primary N) is 1. The number of hydrogen-bond acceptors (Lipinski definition) is 2. The summed E-state index contributed by atoms with van der Waals surface area (Å²) in [6.45, 7) is 31.0. The van der Waals surface area contributed by atoms with Crippen molar-refractivity contribution >= 4 is 11.8 Å². The maximum Gasteiger partial charge on any atom is 0.0327 e. The van der Waals surface area contributed by atoms with Gasteiger partial charge in [-0.3, -0.25) is 0 Å². The van der Waals surface area contributed by atoms with E-state index in [1.165, 1.54) is 89.9 Å². The van der Waals surface area contributed by atoms with Gasteiger partial charge in [0.05, 0.1) is 0 Å². The van der Waals surface area contributed by atoms with Gasteiger partial charge in [-0.15, -0.1) is 0 Å². The fourth-order valence-corrected chi connectivity index (χ4v) is 10.2. The van der Waals surface area contributed by atoms with Crippen LogP contribution in [0.4, 0.5) is 0 Å². The van der Waals surface area contributed by atoms with E-state index in [-0.39, 0.29) is 38.1 Å². The standard InChI is InChI=1S/C29H49NS.C9H19.C2H6.Y/c1-20(2)8-6-7-9-22-11-13-26-25-12-10-23-18-24(31-19-21(3)30)14-16-29(23,5)27(25)15-17-28(22,26)4;1-8(2)6-7-9(3,4)5;1-2;/h10,20,22,24-27H,3,6-9,11-19,30H2,1-2,4-5H3;8H,3,6-7H2,1-2,4-5H3;1-2H3;/q;-1;;. The molecule has 43 heavy (non-hydrogen) atoms. The van der Waals surface area contributed by atoms with Gasteiger partial charge in [0.1, 0.15) is 0 Å². The molecule has 1 radical (unpaired) electrons. The first kappa shape index (κ1) is 41.8. The van der Waals surface area contributed by atoms with Crippen LogP contribution in [0.25, 0.3) is 0 Å². The summed E-state index contributed by atoms with van der Waals surface area (Å²) in [5.41, 5.74) is 9.90. The molecule has 4 aliphatic carbocycles. The van der Waals surface area contributed by atoms with Crippen LogP contribution in [0.1, 0.15) is 159 Å². The molecule has 0 bridgehead atoms. The van der Waals surface area contributed by atoms with Crippen LogP contribution in [0.15, 0.2) is 23.9 Å². The van der Waals surface area contributed by atoms with Crippen molar-refractivity contribution in [3.63, 3.8) is 0 Å². The van der Waals surface area contributed by atoms with Crippen LogP contribution in [0.5, 0.6) is 0 Å². The van der Waals surface area contributed by atoms with Crippen molar-refractivity contribution in [2.75, 3.05) is 5.75 Å². The van der Waals surface area contributed by atoms with Crippen molar-refractivity contribution < 1.29 is 32.7 Å². The Labute approximate surface area is 300 Å². The van der Waals surface area contributed by atoms with Crippen LogP contribution < -0.4 is 5.73 Å². The Hall–Kier alpha value is 0.734. The van der Waals surface area contributed by atoms with E-state index in [0.29, 0.717) is 10.8 Å². The third-order valence-corrected chi connectivity index (χ3v) is 13.2. The van der Waals surface area contributed by atoms with Crippen molar-refractivity contribution in [1.29, 1.82) is 0 Å². The second-order valence-electron chi connectivity index (χ2n) is 16.7. The van der Waals surface area contributed by atoms with Gasteiger partial charge in [0.25, 0.3) is 0 Å². The molecule has 0 aliphatic heterocycles. The largest absolute Gasteiger partial charge is 0.402 e. The number of allylic oxidation sites excluding steroid dienone is 2. The van der Waals surface area contributed by atoms with E-state index in [0.717, 1.165) is 52.2 Å². The fourth-order valence-electron chi connectivity index (χ4n) is 9.20. The van der Waals surface area contributed by atoms with Gasteiger partial charge < -0.3 is 12.7 Å². The average Bonchev–Trinajstić information content (AvgIpc) is 3.26. The Kier molecular flexibility index (Phi) is 18.4. The van der Waals surface area contributed by atoms with E-state index < -0.39 is 0 Å². The first-order valence-corrected chi connectivity index (χ1v) is 19.3. The quantitative estimate of drug-likeness (QED) is 0.133. The Morgan fingerprint density at radius 2 is 1.65 bits per heavy atom. The number of rotatable bonds is 11. The summed E-state index contributed by atoms with van der Waals surface area (Å²) in [5.74, 6) is 6.52. The zero-order chi connectivity index (χ0) is 31.7. The van der Waals surface area contributed by atoms with Crippen LogP contribution in [0, 0.1) is 58.7 Å². The van der Waals surface area contributed by atoms with Crippen LogP contribution >= 0.6 is 11.8 Å². The Morgan fingerprint density at radius 3 is 2.21 bits per heavy atom. The molecule has 1 nitrogen and oxygen atoms in total. The van der Waals surface area contributed by atoms with Crippen LogP contribution in [0.3, 0.4) is 0 Å². The third-order valence-electron chi connectivity index (χ3n) is 11.7. The molecule has 0 spiro atoms. The van der Waals surface area contributed by atoms with E-state index in [4.69, 9.17) is 5.73 Å². The van der Waals surface area contributed by atoms with E-state index in [1.807, 2.05) is 19.4 Å². The van der Waals surface area contributed by atoms with Crippen molar-refractivity contribution in [1.82, 2.24) is 0 Å². The van der Waals surface area contributed by atoms with Crippen molar-refractivity contribution in [3.8, 4) is 0 Å². The molecule has 4 rings (SSSR count). The second-order valence-corrected chi connectivity index (χ2v) is 18.0. The van der Waals surface area contributed by atoms with Gasteiger partial charge >= 0.3 is 0 Å². The topological polar surface area (TPSA) is 26.0 Å². The predicted molar refractivity (Wildman–Crippen MR) is 193 cm³/mol. The molecule has 3 saturated carbocycles. The number of thioether (sulfide) groups is 1. The SMILES string of the molecule is C=C(N)CSC1CCC2(C)C(=CCC3C2CCC2(C)C(CCCCC(C)C)CCC32)C1.CC.[CH2-]C(C)(C)CCC(C)C.[Y]. The molecule has 0 aromatic heterocycles. The van der Waals surface area contributed by atoms with E-state index in [2.05, 4.69) is 86.7 Å². The molecule has 0 aromatic carbocycles. The Balaban J connectivity index is 0.000000665. The summed E-state index contributed by atoms with van der Waals surface area (Å²) >= 11 is 2.05. The molecular formula is C40H74NSY-. The van der Waals surface area contributed by atoms with Gasteiger partial charge in [-0.1, -0.05) is 120 Å². The minimum Gasteiger partial charge on any atom is -0.402 e. The second kappa shape index (κ2) is 18.9. The molecule has 4 aliphatic rings. The van der Waals surface area contributed by atoms with Gasteiger partial charge in [0.15, 0.2) is 0 Å². The zero-order valence-electron chi connectivity index (χ0n) is 30.7. The molecule has 0 amide bonds. The number of hydrogen-bond donors (Lipinski definition) is 1. The third kappa shape index (κ3) is 12.0. The molecule has 249 valence electrons. The van der Waals surface area contributed by atoms with Crippen molar-refractivity contribution in [2.45, 2.75) is 164 Å². The van der Waals surface area contributed by atoms with E-state index >= 15 is 0 Å². The summed E-state index contributed by atoms with van der Waals surface area (Å²) in [6, 6.07) is 0. The molecular weight excluding hydrogens is 615 g/mol. The summed E-state index contributed by atoms with van der Waals surface area (Å²) in [6.07, 6.45) is 22.6. The fraction of sp³-hybridized carbons (Fsp3) is 0.875. The van der Waals surface area contributed by atoms with Gasteiger partial charge in [0.2, 0.25) is 0 Å². The minimum absolute atomic E-state index is 0. The van der Waals surface area contributed by atoms with Crippen molar-refractivity contribution in [3.05, 3.63) is 30.8 Å². The van der Waals surface area contributed by atoms with E-state index in [9.17, 15) is 0 Å². The van der Waals surface area contributed by atoms with Gasteiger partial charge in [0, 0.05) is 49.4 Å². The average molecular weight is 690 g/mol. The van der Waals surface area contributed by atoms with Crippen LogP contribution in [-0.4, -0.2) is 11.0 Å². The first-order valence-electron chi connectivity index (χ1n) is 18.3. The Morgan fingerprint density at radius 1 is 1.00 bits per heavy atom. The monoisotopic (exact) mass is 689 g/mol. The van der Waals surface area contributed by atoms with Gasteiger partial charge in [-0.2, -0.15) is 17.2 Å². The van der Waals surface area contributed by atoms with Crippen LogP contribution in [-0.2, 0) is 32.7 Å². The van der Waals surface area contributed by atoms with Crippen LogP contribution in [0.2, 0.25) is 0 Å². The summed E-state index contributed by atoms with van der Waals surface area (Å²) in [7, 11) is 0. The first-order chi connectivity index (χ1) is 19.7. The number of fused-ring (bicyclic) bond motifs is 5. The molecule has 3 heteroatoms. The smallest absolute Gasteiger partial charge is 0.0327 e. The molecule has 7 unspecified atom stereocenters. The predicted octanol–water partition coefficient (Wildman–Crippen LogP) is 12.7. The molecule has 3 fully saturated rings. The minimum atomic E-state index is 0. The molecule has 0 aromatic rings. The molecule has 2 N–H and O–H groups in total. The number of unbranched alkanes of at least 4 members (excludes halogenated alkanes) is 1. The summed E-state index contributed by atoms with van der Waals surface area (Å²) in [5, 5.41) is 0.756. The van der Waals surface area contributed by atoms with Crippen molar-refractivity contribution in [2.24, 2.45) is 57.5 Å². The Bertz CT molecular complexity index is 840. The normalized spacial score (nSPS) is 33.0. The van der Waals surface area contributed by atoms with E-state index in [1.54, 1.807) is 0 Å².